The molecule has 6 heteroatoms. The summed E-state index contributed by atoms with van der Waals surface area (Å²) in [6.07, 6.45) is 0. The van der Waals surface area contributed by atoms with Crippen molar-refractivity contribution in [2.24, 2.45) is 0 Å². The number of benzene rings is 2. The summed E-state index contributed by atoms with van der Waals surface area (Å²) in [4.78, 5) is 25.8. The van der Waals surface area contributed by atoms with Gasteiger partial charge in [-0.2, -0.15) is 0 Å². The number of carbonyl (C=O) groups excluding carboxylic acids is 2. The standard InChI is InChI=1S/C22H22N2O3S/c1-16-11-12-20(28-16)22(26)24-14-21(25)23-13-18-9-5-6-10-19(18)27-15-17-7-3-2-4-8-17/h2-12H,13-15H2,1H3,(H,23,25)(H,24,26). The Morgan fingerprint density at radius 3 is 2.43 bits per heavy atom. The number of nitrogens with one attached hydrogen (secondary N) is 2. The lowest BCUT2D eigenvalue weighted by atomic mass is 10.2. The lowest BCUT2D eigenvalue weighted by Gasteiger charge is -2.12. The van der Waals surface area contributed by atoms with Crippen LogP contribution in [0.3, 0.4) is 0 Å². The van der Waals surface area contributed by atoms with E-state index in [-0.39, 0.29) is 18.4 Å². The van der Waals surface area contributed by atoms with Crippen LogP contribution >= 0.6 is 11.3 Å². The van der Waals surface area contributed by atoms with E-state index in [4.69, 9.17) is 4.74 Å². The zero-order chi connectivity index (χ0) is 19.8. The van der Waals surface area contributed by atoms with Gasteiger partial charge in [-0.25, -0.2) is 0 Å². The van der Waals surface area contributed by atoms with Crippen LogP contribution in [0.2, 0.25) is 0 Å². The largest absolute Gasteiger partial charge is 0.489 e. The number of amides is 2. The molecule has 5 nitrogen and oxygen atoms in total. The molecule has 0 spiro atoms. The van der Waals surface area contributed by atoms with Crippen molar-refractivity contribution in [3.05, 3.63) is 87.6 Å². The molecular formula is C22H22N2O3S. The first-order valence-corrected chi connectivity index (χ1v) is 9.79. The van der Waals surface area contributed by atoms with Crippen molar-refractivity contribution < 1.29 is 14.3 Å². The average molecular weight is 394 g/mol. The van der Waals surface area contributed by atoms with Crippen LogP contribution in [0.5, 0.6) is 5.75 Å². The predicted molar refractivity (Wildman–Crippen MR) is 110 cm³/mol. The van der Waals surface area contributed by atoms with Crippen molar-refractivity contribution in [1.82, 2.24) is 10.6 Å². The van der Waals surface area contributed by atoms with E-state index in [1.165, 1.54) is 11.3 Å². The fourth-order valence-corrected chi connectivity index (χ4v) is 3.37. The summed E-state index contributed by atoms with van der Waals surface area (Å²) in [5.74, 6) is 0.240. The van der Waals surface area contributed by atoms with Gasteiger partial charge < -0.3 is 15.4 Å². The second kappa shape index (κ2) is 9.71. The SMILES string of the molecule is Cc1ccc(C(=O)NCC(=O)NCc2ccccc2OCc2ccccc2)s1. The minimum atomic E-state index is -0.250. The Bertz CT molecular complexity index is 938. The van der Waals surface area contributed by atoms with Crippen LogP contribution in [0.1, 0.15) is 25.7 Å². The van der Waals surface area contributed by atoms with Gasteiger partial charge in [-0.1, -0.05) is 48.5 Å². The molecule has 1 aromatic heterocycles. The van der Waals surface area contributed by atoms with Gasteiger partial charge in [0.05, 0.1) is 11.4 Å². The third-order valence-corrected chi connectivity index (χ3v) is 5.06. The van der Waals surface area contributed by atoms with Crippen LogP contribution < -0.4 is 15.4 Å². The van der Waals surface area contributed by atoms with E-state index in [0.717, 1.165) is 21.8 Å². The molecule has 0 saturated heterocycles. The molecule has 0 atom stereocenters. The lowest BCUT2D eigenvalue weighted by Crippen LogP contribution is -2.36. The molecule has 0 aliphatic rings. The van der Waals surface area contributed by atoms with Gasteiger partial charge in [0, 0.05) is 17.0 Å². The Kier molecular flexibility index (Phi) is 6.81. The van der Waals surface area contributed by atoms with E-state index in [1.807, 2.05) is 67.6 Å². The van der Waals surface area contributed by atoms with Gasteiger partial charge >= 0.3 is 0 Å². The highest BCUT2D eigenvalue weighted by Crippen LogP contribution is 2.19. The van der Waals surface area contributed by atoms with Crippen molar-refractivity contribution in [1.29, 1.82) is 0 Å². The third kappa shape index (κ3) is 5.69. The number of rotatable bonds is 8. The zero-order valence-corrected chi connectivity index (χ0v) is 16.4. The molecule has 144 valence electrons. The number of thiophene rings is 1. The maximum Gasteiger partial charge on any atom is 0.261 e. The minimum absolute atomic E-state index is 0.0666. The Balaban J connectivity index is 1.48. The number of hydrogen-bond acceptors (Lipinski definition) is 4. The molecule has 0 aliphatic carbocycles. The molecule has 0 aliphatic heterocycles. The fraction of sp³-hybridized carbons (Fsp3) is 0.182. The fourth-order valence-electron chi connectivity index (χ4n) is 2.59. The lowest BCUT2D eigenvalue weighted by molar-refractivity contribution is -0.120. The van der Waals surface area contributed by atoms with Crippen molar-refractivity contribution in [2.45, 2.75) is 20.1 Å². The Hall–Kier alpha value is -3.12. The van der Waals surface area contributed by atoms with Crippen LogP contribution in [0.15, 0.2) is 66.7 Å². The number of ether oxygens (including phenoxy) is 1. The van der Waals surface area contributed by atoms with Crippen LogP contribution in [0.4, 0.5) is 0 Å². The Morgan fingerprint density at radius 1 is 0.929 bits per heavy atom. The van der Waals surface area contributed by atoms with E-state index in [1.54, 1.807) is 6.07 Å². The predicted octanol–water partition coefficient (Wildman–Crippen LogP) is 3.68. The molecular weight excluding hydrogens is 372 g/mol. The molecule has 3 aromatic rings. The molecule has 2 amide bonds. The number of carbonyl (C=O) groups is 2. The van der Waals surface area contributed by atoms with Gasteiger partial charge in [-0.15, -0.1) is 11.3 Å². The summed E-state index contributed by atoms with van der Waals surface area (Å²) < 4.78 is 5.89. The number of para-hydroxylation sites is 1. The molecule has 0 radical (unpaired) electrons. The normalized spacial score (nSPS) is 10.3. The average Bonchev–Trinajstić information content (AvgIpc) is 3.16. The summed E-state index contributed by atoms with van der Waals surface area (Å²) in [5.41, 5.74) is 1.96. The summed E-state index contributed by atoms with van der Waals surface area (Å²) in [6, 6.07) is 21.1. The van der Waals surface area contributed by atoms with Gasteiger partial charge in [-0.05, 0) is 30.7 Å². The number of hydrogen-bond donors (Lipinski definition) is 2. The first-order valence-electron chi connectivity index (χ1n) is 8.98. The number of aryl methyl sites for hydroxylation is 1. The van der Waals surface area contributed by atoms with Crippen LogP contribution in [-0.2, 0) is 17.9 Å². The van der Waals surface area contributed by atoms with Crippen molar-refractivity contribution in [2.75, 3.05) is 6.54 Å². The van der Waals surface area contributed by atoms with Crippen molar-refractivity contribution in [3.8, 4) is 5.75 Å². The van der Waals surface area contributed by atoms with Crippen LogP contribution in [0, 0.1) is 6.92 Å². The van der Waals surface area contributed by atoms with E-state index in [2.05, 4.69) is 10.6 Å². The molecule has 3 rings (SSSR count). The van der Waals surface area contributed by atoms with Crippen molar-refractivity contribution >= 4 is 23.2 Å². The molecule has 0 unspecified atom stereocenters. The summed E-state index contributed by atoms with van der Waals surface area (Å²) in [5, 5.41) is 5.46. The van der Waals surface area contributed by atoms with Gasteiger partial charge in [0.15, 0.2) is 0 Å². The first-order chi connectivity index (χ1) is 13.6. The van der Waals surface area contributed by atoms with Crippen LogP contribution in [0.25, 0.3) is 0 Å². The maximum absolute atomic E-state index is 12.1. The zero-order valence-electron chi connectivity index (χ0n) is 15.6. The summed E-state index contributed by atoms with van der Waals surface area (Å²) in [6.45, 7) is 2.66. The second-order valence-corrected chi connectivity index (χ2v) is 7.54. The van der Waals surface area contributed by atoms with E-state index >= 15 is 0 Å². The molecule has 1 heterocycles. The van der Waals surface area contributed by atoms with Crippen LogP contribution in [-0.4, -0.2) is 18.4 Å². The Morgan fingerprint density at radius 2 is 1.68 bits per heavy atom. The summed E-state index contributed by atoms with van der Waals surface area (Å²) >= 11 is 1.40. The molecule has 0 bridgehead atoms. The molecule has 28 heavy (non-hydrogen) atoms. The summed E-state index contributed by atoms with van der Waals surface area (Å²) in [7, 11) is 0. The van der Waals surface area contributed by atoms with Crippen molar-refractivity contribution in [3.63, 3.8) is 0 Å². The van der Waals surface area contributed by atoms with E-state index in [9.17, 15) is 9.59 Å². The van der Waals surface area contributed by atoms with E-state index in [0.29, 0.717) is 18.0 Å². The van der Waals surface area contributed by atoms with E-state index < -0.39 is 0 Å². The highest BCUT2D eigenvalue weighted by Gasteiger charge is 2.10. The third-order valence-electron chi connectivity index (χ3n) is 4.06. The molecule has 0 saturated carbocycles. The van der Waals surface area contributed by atoms with Gasteiger partial charge in [0.1, 0.15) is 12.4 Å². The minimum Gasteiger partial charge on any atom is -0.489 e. The van der Waals surface area contributed by atoms with Gasteiger partial charge in [0.25, 0.3) is 5.91 Å². The van der Waals surface area contributed by atoms with Gasteiger partial charge in [0.2, 0.25) is 5.91 Å². The smallest absolute Gasteiger partial charge is 0.261 e. The topological polar surface area (TPSA) is 67.4 Å². The second-order valence-electron chi connectivity index (χ2n) is 6.25. The monoisotopic (exact) mass is 394 g/mol. The van der Waals surface area contributed by atoms with Gasteiger partial charge in [-0.3, -0.25) is 9.59 Å². The highest BCUT2D eigenvalue weighted by atomic mass is 32.1. The maximum atomic E-state index is 12.1. The molecule has 2 N–H and O–H groups in total. The highest BCUT2D eigenvalue weighted by molar-refractivity contribution is 7.13. The Labute approximate surface area is 168 Å². The first kappa shape index (κ1) is 19.6. The molecule has 0 fully saturated rings. The molecule has 2 aromatic carbocycles. The quantitative estimate of drug-likeness (QED) is 0.612.